The van der Waals surface area contributed by atoms with Crippen molar-refractivity contribution in [3.63, 3.8) is 0 Å². The summed E-state index contributed by atoms with van der Waals surface area (Å²) in [6.07, 6.45) is 1.93. The third-order valence-electron chi connectivity index (χ3n) is 1.94. The SMILES string of the molecule is COCC(Br)CN(C)Cc1cn(C)nn1. The van der Waals surface area contributed by atoms with Crippen LogP contribution in [0, 0.1) is 0 Å². The van der Waals surface area contributed by atoms with Crippen molar-refractivity contribution in [1.29, 1.82) is 0 Å². The number of halogens is 1. The highest BCUT2D eigenvalue weighted by Gasteiger charge is 2.09. The number of aryl methyl sites for hydroxylation is 1. The van der Waals surface area contributed by atoms with Crippen molar-refractivity contribution in [2.45, 2.75) is 11.4 Å². The van der Waals surface area contributed by atoms with Gasteiger partial charge in [-0.2, -0.15) is 0 Å². The predicted octanol–water partition coefficient (Wildman–Crippen LogP) is 0.657. The van der Waals surface area contributed by atoms with Crippen LogP contribution in [0.5, 0.6) is 0 Å². The minimum absolute atomic E-state index is 0.351. The third kappa shape index (κ3) is 4.72. The molecule has 0 amide bonds. The molecule has 0 saturated heterocycles. The number of methoxy groups -OCH3 is 1. The molecular weight excluding hydrogens is 260 g/mol. The molecule has 86 valence electrons. The minimum atomic E-state index is 0.351. The minimum Gasteiger partial charge on any atom is -0.383 e. The number of nitrogens with zero attached hydrogens (tertiary/aromatic N) is 4. The van der Waals surface area contributed by atoms with Crippen LogP contribution >= 0.6 is 15.9 Å². The van der Waals surface area contributed by atoms with Gasteiger partial charge < -0.3 is 4.74 Å². The second kappa shape index (κ2) is 6.19. The van der Waals surface area contributed by atoms with Crippen LogP contribution in [0.1, 0.15) is 5.69 Å². The van der Waals surface area contributed by atoms with Gasteiger partial charge in [0.2, 0.25) is 0 Å². The summed E-state index contributed by atoms with van der Waals surface area (Å²) in [4.78, 5) is 2.53. The van der Waals surface area contributed by atoms with Crippen molar-refractivity contribution in [3.8, 4) is 0 Å². The number of rotatable bonds is 6. The highest BCUT2D eigenvalue weighted by atomic mass is 79.9. The van der Waals surface area contributed by atoms with Crippen molar-refractivity contribution in [2.24, 2.45) is 7.05 Å². The van der Waals surface area contributed by atoms with Crippen molar-refractivity contribution < 1.29 is 4.74 Å². The Morgan fingerprint density at radius 3 is 2.93 bits per heavy atom. The molecule has 1 rings (SSSR count). The molecule has 1 unspecified atom stereocenters. The van der Waals surface area contributed by atoms with Gasteiger partial charge in [0.25, 0.3) is 0 Å². The maximum Gasteiger partial charge on any atom is 0.0966 e. The molecule has 1 aromatic heterocycles. The number of aromatic nitrogens is 3. The first-order chi connectivity index (χ1) is 7.11. The largest absolute Gasteiger partial charge is 0.383 e. The lowest BCUT2D eigenvalue weighted by molar-refractivity contribution is 0.184. The van der Waals surface area contributed by atoms with Gasteiger partial charge in [-0.1, -0.05) is 21.1 Å². The summed E-state index contributed by atoms with van der Waals surface area (Å²) >= 11 is 3.55. The van der Waals surface area contributed by atoms with E-state index in [0.717, 1.165) is 18.8 Å². The summed E-state index contributed by atoms with van der Waals surface area (Å²) < 4.78 is 6.77. The summed E-state index contributed by atoms with van der Waals surface area (Å²) in [6, 6.07) is 0. The van der Waals surface area contributed by atoms with Gasteiger partial charge >= 0.3 is 0 Å². The van der Waals surface area contributed by atoms with E-state index >= 15 is 0 Å². The monoisotopic (exact) mass is 276 g/mol. The normalized spacial score (nSPS) is 13.4. The molecule has 1 atom stereocenters. The van der Waals surface area contributed by atoms with Crippen LogP contribution in [0.3, 0.4) is 0 Å². The molecule has 15 heavy (non-hydrogen) atoms. The van der Waals surface area contributed by atoms with E-state index in [0.29, 0.717) is 11.4 Å². The van der Waals surface area contributed by atoms with E-state index in [2.05, 4.69) is 38.2 Å². The van der Waals surface area contributed by atoms with Crippen LogP contribution in [0.2, 0.25) is 0 Å². The molecule has 6 heteroatoms. The molecule has 1 aromatic rings. The van der Waals surface area contributed by atoms with Gasteiger partial charge in [0, 0.05) is 33.4 Å². The van der Waals surface area contributed by atoms with Gasteiger partial charge in [0.1, 0.15) is 0 Å². The van der Waals surface area contributed by atoms with E-state index in [4.69, 9.17) is 4.74 Å². The van der Waals surface area contributed by atoms with E-state index in [9.17, 15) is 0 Å². The van der Waals surface area contributed by atoms with Crippen molar-refractivity contribution >= 4 is 15.9 Å². The molecule has 1 heterocycles. The summed E-state index contributed by atoms with van der Waals surface area (Å²) in [6.45, 7) is 2.44. The van der Waals surface area contributed by atoms with Crippen molar-refractivity contribution in [2.75, 3.05) is 27.3 Å². The summed E-state index contributed by atoms with van der Waals surface area (Å²) in [5, 5.41) is 7.92. The second-order valence-corrected chi connectivity index (χ2v) is 4.93. The van der Waals surface area contributed by atoms with Gasteiger partial charge in [-0.15, -0.1) is 5.10 Å². The van der Waals surface area contributed by atoms with Gasteiger partial charge in [-0.3, -0.25) is 9.58 Å². The molecular formula is C9H17BrN4O. The van der Waals surface area contributed by atoms with E-state index in [1.54, 1.807) is 11.8 Å². The van der Waals surface area contributed by atoms with Crippen LogP contribution < -0.4 is 0 Å². The maximum atomic E-state index is 5.05. The lowest BCUT2D eigenvalue weighted by Gasteiger charge is -2.18. The molecule has 0 bridgehead atoms. The van der Waals surface area contributed by atoms with Crippen LogP contribution in [0.4, 0.5) is 0 Å². The van der Waals surface area contributed by atoms with E-state index < -0.39 is 0 Å². The molecule has 0 spiro atoms. The lowest BCUT2D eigenvalue weighted by Crippen LogP contribution is -2.28. The number of hydrogen-bond donors (Lipinski definition) is 0. The average molecular weight is 277 g/mol. The smallest absolute Gasteiger partial charge is 0.0966 e. The topological polar surface area (TPSA) is 43.2 Å². The summed E-state index contributed by atoms with van der Waals surface area (Å²) in [7, 11) is 5.63. The van der Waals surface area contributed by atoms with E-state index in [1.165, 1.54) is 0 Å². The second-order valence-electron chi connectivity index (χ2n) is 3.63. The lowest BCUT2D eigenvalue weighted by atomic mass is 10.3. The fraction of sp³-hybridized carbons (Fsp3) is 0.778. The zero-order valence-electron chi connectivity index (χ0n) is 9.35. The zero-order valence-corrected chi connectivity index (χ0v) is 10.9. The zero-order chi connectivity index (χ0) is 11.3. The van der Waals surface area contributed by atoms with Crippen LogP contribution in [0.25, 0.3) is 0 Å². The third-order valence-corrected chi connectivity index (χ3v) is 2.49. The van der Waals surface area contributed by atoms with E-state index in [-0.39, 0.29) is 0 Å². The first-order valence-corrected chi connectivity index (χ1v) is 5.70. The average Bonchev–Trinajstić information content (AvgIpc) is 2.51. The van der Waals surface area contributed by atoms with Crippen LogP contribution in [-0.2, 0) is 18.3 Å². The van der Waals surface area contributed by atoms with E-state index in [1.807, 2.05) is 13.2 Å². The molecule has 0 aliphatic rings. The van der Waals surface area contributed by atoms with Gasteiger partial charge in [0.15, 0.2) is 0 Å². The van der Waals surface area contributed by atoms with Gasteiger partial charge in [0.05, 0.1) is 17.1 Å². The standard InChI is InChI=1S/C9H17BrN4O/c1-13(4-8(10)7-15-3)5-9-6-14(2)12-11-9/h6,8H,4-5,7H2,1-3H3. The molecule has 0 aromatic carbocycles. The number of ether oxygens (including phenoxy) is 1. The molecule has 0 N–H and O–H groups in total. The quantitative estimate of drug-likeness (QED) is 0.716. The van der Waals surface area contributed by atoms with Crippen LogP contribution in [0.15, 0.2) is 6.20 Å². The molecule has 0 radical (unpaired) electrons. The molecule has 0 saturated carbocycles. The Morgan fingerprint density at radius 2 is 2.40 bits per heavy atom. The fourth-order valence-electron chi connectivity index (χ4n) is 1.38. The Labute approximate surface area is 98.5 Å². The Hall–Kier alpha value is -0.460. The highest BCUT2D eigenvalue weighted by Crippen LogP contribution is 2.04. The van der Waals surface area contributed by atoms with Crippen molar-refractivity contribution in [3.05, 3.63) is 11.9 Å². The summed E-state index contributed by atoms with van der Waals surface area (Å²) in [5.41, 5.74) is 0.983. The van der Waals surface area contributed by atoms with Gasteiger partial charge in [-0.05, 0) is 7.05 Å². The molecule has 0 aliphatic carbocycles. The maximum absolute atomic E-state index is 5.05. The Morgan fingerprint density at radius 1 is 1.67 bits per heavy atom. The highest BCUT2D eigenvalue weighted by molar-refractivity contribution is 9.09. The molecule has 5 nitrogen and oxygen atoms in total. The Balaban J connectivity index is 2.32. The number of hydrogen-bond acceptors (Lipinski definition) is 4. The summed E-state index contributed by atoms with van der Waals surface area (Å²) in [5.74, 6) is 0. The van der Waals surface area contributed by atoms with Crippen molar-refractivity contribution in [1.82, 2.24) is 19.9 Å². The predicted molar refractivity (Wildman–Crippen MR) is 61.9 cm³/mol. The Bertz CT molecular complexity index is 291. The Kier molecular flexibility index (Phi) is 5.21. The van der Waals surface area contributed by atoms with Gasteiger partial charge in [-0.25, -0.2) is 0 Å². The first kappa shape index (κ1) is 12.6. The molecule has 0 fully saturated rings. The fourth-order valence-corrected chi connectivity index (χ4v) is 2.14. The number of alkyl halides is 1. The van der Waals surface area contributed by atoms with Crippen LogP contribution in [-0.4, -0.2) is 52.0 Å². The first-order valence-electron chi connectivity index (χ1n) is 4.78. The molecule has 0 aliphatic heterocycles.